The molecule has 98 valence electrons. The summed E-state index contributed by atoms with van der Waals surface area (Å²) < 4.78 is 0. The molecule has 4 nitrogen and oxygen atoms in total. The number of rotatable bonds is 6. The zero-order chi connectivity index (χ0) is 12.1. The summed E-state index contributed by atoms with van der Waals surface area (Å²) in [5.41, 5.74) is 0. The Kier molecular flexibility index (Phi) is 4.80. The van der Waals surface area contributed by atoms with Gasteiger partial charge in [-0.3, -0.25) is 4.79 Å². The Morgan fingerprint density at radius 2 is 1.94 bits per heavy atom. The Labute approximate surface area is 103 Å². The number of hydrogen-bond donors (Lipinski definition) is 3. The molecule has 2 fully saturated rings. The maximum absolute atomic E-state index is 11.7. The summed E-state index contributed by atoms with van der Waals surface area (Å²) in [6.45, 7) is 1.59. The minimum Gasteiger partial charge on any atom is -0.396 e. The van der Waals surface area contributed by atoms with Crippen LogP contribution in [0.3, 0.4) is 0 Å². The van der Waals surface area contributed by atoms with Gasteiger partial charge in [0.2, 0.25) is 5.91 Å². The largest absolute Gasteiger partial charge is 0.396 e. The molecule has 2 saturated carbocycles. The third-order valence-corrected chi connectivity index (χ3v) is 3.91. The molecule has 0 bridgehead atoms. The van der Waals surface area contributed by atoms with E-state index >= 15 is 0 Å². The normalized spacial score (nSPS) is 29.0. The predicted molar refractivity (Wildman–Crippen MR) is 66.6 cm³/mol. The lowest BCUT2D eigenvalue weighted by molar-refractivity contribution is -0.121. The molecule has 0 radical (unpaired) electrons. The van der Waals surface area contributed by atoms with Crippen molar-refractivity contribution in [3.8, 4) is 0 Å². The highest BCUT2D eigenvalue weighted by Gasteiger charge is 2.26. The molecule has 0 aromatic heterocycles. The lowest BCUT2D eigenvalue weighted by Gasteiger charge is -2.30. The average Bonchev–Trinajstić information content (AvgIpc) is 3.14. The van der Waals surface area contributed by atoms with Crippen molar-refractivity contribution < 1.29 is 9.90 Å². The van der Waals surface area contributed by atoms with E-state index in [4.69, 9.17) is 0 Å². The Morgan fingerprint density at radius 1 is 1.18 bits per heavy atom. The van der Waals surface area contributed by atoms with E-state index in [2.05, 4.69) is 10.6 Å². The zero-order valence-corrected chi connectivity index (χ0v) is 10.5. The first-order chi connectivity index (χ1) is 8.29. The fraction of sp³-hybridized carbons (Fsp3) is 0.923. The number of carbonyl (C=O) groups excluding carboxylic acids is 1. The van der Waals surface area contributed by atoms with E-state index < -0.39 is 0 Å². The van der Waals surface area contributed by atoms with Crippen LogP contribution in [0.5, 0.6) is 0 Å². The lowest BCUT2D eigenvalue weighted by atomic mass is 9.85. The molecule has 3 N–H and O–H groups in total. The van der Waals surface area contributed by atoms with Crippen LogP contribution in [0.15, 0.2) is 0 Å². The van der Waals surface area contributed by atoms with Gasteiger partial charge in [0.1, 0.15) is 0 Å². The highest BCUT2D eigenvalue weighted by Crippen LogP contribution is 2.27. The maximum Gasteiger partial charge on any atom is 0.234 e. The minimum absolute atomic E-state index is 0.0796. The molecular weight excluding hydrogens is 216 g/mol. The topological polar surface area (TPSA) is 61.4 Å². The average molecular weight is 240 g/mol. The lowest BCUT2D eigenvalue weighted by Crippen LogP contribution is -2.46. The monoisotopic (exact) mass is 240 g/mol. The van der Waals surface area contributed by atoms with E-state index in [1.54, 1.807) is 0 Å². The smallest absolute Gasteiger partial charge is 0.234 e. The number of amides is 1. The van der Waals surface area contributed by atoms with Gasteiger partial charge in [-0.1, -0.05) is 12.8 Å². The van der Waals surface area contributed by atoms with Gasteiger partial charge in [0.15, 0.2) is 0 Å². The van der Waals surface area contributed by atoms with Crippen molar-refractivity contribution >= 4 is 5.91 Å². The summed E-state index contributed by atoms with van der Waals surface area (Å²) >= 11 is 0. The van der Waals surface area contributed by atoms with Crippen LogP contribution in [0.1, 0.15) is 38.5 Å². The second-order valence-electron chi connectivity index (χ2n) is 5.48. The number of aliphatic hydroxyl groups excluding tert-OH is 1. The second-order valence-corrected chi connectivity index (χ2v) is 5.48. The van der Waals surface area contributed by atoms with Crippen LogP contribution >= 0.6 is 0 Å². The maximum atomic E-state index is 11.7. The summed E-state index contributed by atoms with van der Waals surface area (Å²) in [4.78, 5) is 11.7. The number of carbonyl (C=O) groups is 1. The van der Waals surface area contributed by atoms with E-state index in [0.717, 1.165) is 31.7 Å². The van der Waals surface area contributed by atoms with Crippen molar-refractivity contribution in [3.05, 3.63) is 0 Å². The Bertz CT molecular complexity index is 254. The molecule has 0 aliphatic heterocycles. The summed E-state index contributed by atoms with van der Waals surface area (Å²) in [6, 6.07) is 0.184. The minimum atomic E-state index is 0.0796. The summed E-state index contributed by atoms with van der Waals surface area (Å²) in [5, 5.41) is 15.5. The van der Waals surface area contributed by atoms with Crippen molar-refractivity contribution in [1.29, 1.82) is 0 Å². The molecule has 2 unspecified atom stereocenters. The van der Waals surface area contributed by atoms with Crippen molar-refractivity contribution in [3.63, 3.8) is 0 Å². The van der Waals surface area contributed by atoms with Gasteiger partial charge < -0.3 is 15.7 Å². The van der Waals surface area contributed by atoms with Gasteiger partial charge in [0.05, 0.1) is 6.54 Å². The molecule has 17 heavy (non-hydrogen) atoms. The fourth-order valence-corrected chi connectivity index (χ4v) is 2.59. The zero-order valence-electron chi connectivity index (χ0n) is 10.5. The Morgan fingerprint density at radius 3 is 2.65 bits per heavy atom. The number of hydrogen-bond acceptors (Lipinski definition) is 3. The van der Waals surface area contributed by atoms with Crippen LogP contribution in [0.25, 0.3) is 0 Å². The Hall–Kier alpha value is -0.610. The first-order valence-electron chi connectivity index (χ1n) is 6.90. The first-order valence-corrected chi connectivity index (χ1v) is 6.90. The molecule has 0 aromatic carbocycles. The van der Waals surface area contributed by atoms with Crippen molar-refractivity contribution in [2.45, 2.75) is 44.6 Å². The predicted octanol–water partition coefficient (Wildman–Crippen LogP) is 0.653. The highest BCUT2D eigenvalue weighted by atomic mass is 16.3. The van der Waals surface area contributed by atoms with Crippen LogP contribution in [0, 0.1) is 11.8 Å². The quantitative estimate of drug-likeness (QED) is 0.639. The number of nitrogens with one attached hydrogen (secondary N) is 2. The molecule has 2 rings (SSSR count). The molecule has 2 aliphatic rings. The molecule has 2 atom stereocenters. The number of aliphatic hydroxyl groups is 1. The van der Waals surface area contributed by atoms with E-state index in [9.17, 15) is 9.90 Å². The van der Waals surface area contributed by atoms with E-state index in [1.807, 2.05) is 0 Å². The molecule has 0 spiro atoms. The van der Waals surface area contributed by atoms with Crippen LogP contribution in [0.2, 0.25) is 0 Å². The molecule has 0 saturated heterocycles. The van der Waals surface area contributed by atoms with Crippen LogP contribution in [0.4, 0.5) is 0 Å². The molecule has 0 aromatic rings. The highest BCUT2D eigenvalue weighted by molar-refractivity contribution is 5.78. The molecule has 4 heteroatoms. The van der Waals surface area contributed by atoms with Gasteiger partial charge in [-0.2, -0.15) is 0 Å². The van der Waals surface area contributed by atoms with Crippen molar-refractivity contribution in [2.24, 2.45) is 11.8 Å². The molecule has 0 heterocycles. The summed E-state index contributed by atoms with van der Waals surface area (Å²) in [5.74, 6) is 1.15. The first kappa shape index (κ1) is 12.8. The van der Waals surface area contributed by atoms with Crippen molar-refractivity contribution in [2.75, 3.05) is 19.7 Å². The van der Waals surface area contributed by atoms with Gasteiger partial charge in [-0.25, -0.2) is 0 Å². The van der Waals surface area contributed by atoms with E-state index in [0.29, 0.717) is 6.54 Å². The van der Waals surface area contributed by atoms with Gasteiger partial charge in [0, 0.05) is 18.6 Å². The third kappa shape index (κ3) is 4.28. The van der Waals surface area contributed by atoms with E-state index in [1.165, 1.54) is 19.3 Å². The van der Waals surface area contributed by atoms with E-state index in [-0.39, 0.29) is 24.5 Å². The summed E-state index contributed by atoms with van der Waals surface area (Å²) in [6.07, 6.45) is 7.01. The SMILES string of the molecule is O=C(CNCC1CC1)NC1CCCCC1CO. The van der Waals surface area contributed by atoms with Gasteiger partial charge >= 0.3 is 0 Å². The van der Waals surface area contributed by atoms with Crippen LogP contribution < -0.4 is 10.6 Å². The van der Waals surface area contributed by atoms with Crippen molar-refractivity contribution in [1.82, 2.24) is 10.6 Å². The van der Waals surface area contributed by atoms with Gasteiger partial charge in [0.25, 0.3) is 0 Å². The van der Waals surface area contributed by atoms with Gasteiger partial charge in [-0.15, -0.1) is 0 Å². The fourth-order valence-electron chi connectivity index (χ4n) is 2.59. The standard InChI is InChI=1S/C13H24N2O2/c16-9-11-3-1-2-4-12(11)15-13(17)8-14-7-10-5-6-10/h10-12,14,16H,1-9H2,(H,15,17). The second kappa shape index (κ2) is 6.36. The third-order valence-electron chi connectivity index (χ3n) is 3.91. The molecule has 1 amide bonds. The van der Waals surface area contributed by atoms with Crippen LogP contribution in [-0.2, 0) is 4.79 Å². The molecule has 2 aliphatic carbocycles. The summed E-state index contributed by atoms with van der Waals surface area (Å²) in [7, 11) is 0. The van der Waals surface area contributed by atoms with Gasteiger partial charge in [-0.05, 0) is 38.1 Å². The Balaban J connectivity index is 1.64. The molecular formula is C13H24N2O2. The van der Waals surface area contributed by atoms with Crippen LogP contribution in [-0.4, -0.2) is 36.8 Å².